The van der Waals surface area contributed by atoms with E-state index in [-0.39, 0.29) is 5.82 Å². The summed E-state index contributed by atoms with van der Waals surface area (Å²) < 4.78 is 16.5. The summed E-state index contributed by atoms with van der Waals surface area (Å²) in [5.74, 6) is 1.40. The van der Waals surface area contributed by atoms with Crippen LogP contribution in [0.2, 0.25) is 0 Å². The molecule has 0 spiro atoms. The van der Waals surface area contributed by atoms with Crippen molar-refractivity contribution in [1.29, 1.82) is 0 Å². The molecule has 1 fully saturated rings. The second kappa shape index (κ2) is 3.17. The van der Waals surface area contributed by atoms with Crippen LogP contribution in [0.15, 0.2) is 12.1 Å². The topological polar surface area (TPSA) is 17.8 Å². The fourth-order valence-corrected chi connectivity index (χ4v) is 2.36. The van der Waals surface area contributed by atoms with Crippen molar-refractivity contribution in [3.63, 3.8) is 0 Å². The normalized spacial score (nSPS) is 16.2. The van der Waals surface area contributed by atoms with Crippen LogP contribution in [0.1, 0.15) is 24.6 Å². The number of hydrogen-bond donors (Lipinski definition) is 0. The lowest BCUT2D eigenvalue weighted by molar-refractivity contribution is 0.629. The smallest absolute Gasteiger partial charge is 0.164 e. The summed E-state index contributed by atoms with van der Waals surface area (Å²) in [5.41, 5.74) is 1.42. The Morgan fingerprint density at radius 1 is 1.47 bits per heavy atom. The van der Waals surface area contributed by atoms with E-state index in [9.17, 15) is 4.39 Å². The molecule has 2 aromatic rings. The van der Waals surface area contributed by atoms with Gasteiger partial charge in [0.05, 0.1) is 9.09 Å². The van der Waals surface area contributed by atoms with Gasteiger partial charge in [0.2, 0.25) is 0 Å². The highest BCUT2D eigenvalue weighted by Gasteiger charge is 2.29. The molecule has 78 valence electrons. The fourth-order valence-electron chi connectivity index (χ4n) is 1.93. The first-order chi connectivity index (χ1) is 7.18. The monoisotopic (exact) mass is 316 g/mol. The molecule has 0 atom stereocenters. The van der Waals surface area contributed by atoms with Crippen LogP contribution in [0, 0.1) is 9.39 Å². The summed E-state index contributed by atoms with van der Waals surface area (Å²) in [6.07, 6.45) is 2.38. The summed E-state index contributed by atoms with van der Waals surface area (Å²) in [7, 11) is 1.97. The highest BCUT2D eigenvalue weighted by Crippen LogP contribution is 2.40. The molecule has 1 saturated carbocycles. The van der Waals surface area contributed by atoms with Gasteiger partial charge in [-0.1, -0.05) is 0 Å². The Morgan fingerprint density at radius 3 is 2.87 bits per heavy atom. The zero-order chi connectivity index (χ0) is 10.6. The van der Waals surface area contributed by atoms with Crippen LogP contribution < -0.4 is 0 Å². The van der Waals surface area contributed by atoms with Crippen molar-refractivity contribution in [2.45, 2.75) is 18.8 Å². The Kier molecular flexibility index (Phi) is 2.02. The Balaban J connectivity index is 2.34. The van der Waals surface area contributed by atoms with Gasteiger partial charge in [-0.25, -0.2) is 9.37 Å². The maximum atomic E-state index is 13.8. The van der Waals surface area contributed by atoms with Crippen LogP contribution in [0.5, 0.6) is 0 Å². The summed E-state index contributed by atoms with van der Waals surface area (Å²) >= 11 is 2.00. The number of halogens is 2. The van der Waals surface area contributed by atoms with E-state index in [1.807, 2.05) is 40.3 Å². The Bertz CT molecular complexity index is 543. The molecule has 0 radical (unpaired) electrons. The molecular formula is C11H10FIN2. The molecule has 0 N–H and O–H groups in total. The molecule has 0 amide bonds. The third-order valence-corrected chi connectivity index (χ3v) is 3.75. The van der Waals surface area contributed by atoms with Gasteiger partial charge in [0, 0.05) is 13.0 Å². The molecule has 0 bridgehead atoms. The molecule has 0 unspecified atom stereocenters. The molecule has 1 aliphatic rings. The van der Waals surface area contributed by atoms with Crippen LogP contribution >= 0.6 is 22.6 Å². The number of nitrogens with zero attached hydrogens (tertiary/aromatic N) is 2. The second-order valence-electron chi connectivity index (χ2n) is 4.03. The first-order valence-corrected chi connectivity index (χ1v) is 6.06. The first kappa shape index (κ1) is 9.57. The average Bonchev–Trinajstić information content (AvgIpc) is 2.99. The molecule has 4 heteroatoms. The quantitative estimate of drug-likeness (QED) is 0.739. The predicted molar refractivity (Wildman–Crippen MR) is 65.4 cm³/mol. The number of imidazole rings is 1. The largest absolute Gasteiger partial charge is 0.331 e. The van der Waals surface area contributed by atoms with Gasteiger partial charge >= 0.3 is 0 Å². The maximum Gasteiger partial charge on any atom is 0.164 e. The zero-order valence-electron chi connectivity index (χ0n) is 8.30. The van der Waals surface area contributed by atoms with Crippen LogP contribution in [0.4, 0.5) is 4.39 Å². The SMILES string of the molecule is Cn1c(C2CC2)nc2c(F)c(I)ccc21. The zero-order valence-corrected chi connectivity index (χ0v) is 10.5. The molecule has 1 aromatic heterocycles. The average molecular weight is 316 g/mol. The molecule has 1 aliphatic carbocycles. The van der Waals surface area contributed by atoms with Gasteiger partial charge in [-0.2, -0.15) is 0 Å². The lowest BCUT2D eigenvalue weighted by Crippen LogP contribution is -1.94. The summed E-state index contributed by atoms with van der Waals surface area (Å²) in [6, 6.07) is 3.75. The van der Waals surface area contributed by atoms with Crippen molar-refractivity contribution in [3.8, 4) is 0 Å². The van der Waals surface area contributed by atoms with Gasteiger partial charge in [-0.3, -0.25) is 0 Å². The Hall–Kier alpha value is -0.650. The van der Waals surface area contributed by atoms with Gasteiger partial charge in [0.15, 0.2) is 5.82 Å². The summed E-state index contributed by atoms with van der Waals surface area (Å²) in [5, 5.41) is 0. The minimum atomic E-state index is -0.185. The van der Waals surface area contributed by atoms with E-state index < -0.39 is 0 Å². The first-order valence-electron chi connectivity index (χ1n) is 4.99. The minimum Gasteiger partial charge on any atom is -0.331 e. The van der Waals surface area contributed by atoms with Crippen LogP contribution in [-0.4, -0.2) is 9.55 Å². The molecular weight excluding hydrogens is 306 g/mol. The third-order valence-electron chi connectivity index (χ3n) is 2.92. The van der Waals surface area contributed by atoms with Crippen LogP contribution in [-0.2, 0) is 7.05 Å². The third kappa shape index (κ3) is 1.38. The summed E-state index contributed by atoms with van der Waals surface area (Å²) in [4.78, 5) is 4.42. The molecule has 3 rings (SSSR count). The van der Waals surface area contributed by atoms with E-state index in [2.05, 4.69) is 4.98 Å². The number of rotatable bonds is 1. The van der Waals surface area contributed by atoms with E-state index in [0.29, 0.717) is 15.0 Å². The standard InChI is InChI=1S/C11H10FIN2/c1-15-8-5-4-7(13)9(12)10(8)14-11(15)6-2-3-6/h4-6H,2-3H2,1H3. The van der Waals surface area contributed by atoms with Gasteiger partial charge in [-0.05, 0) is 47.6 Å². The number of fused-ring (bicyclic) bond motifs is 1. The van der Waals surface area contributed by atoms with E-state index in [1.54, 1.807) is 6.07 Å². The lowest BCUT2D eigenvalue weighted by atomic mass is 10.3. The van der Waals surface area contributed by atoms with Gasteiger partial charge < -0.3 is 4.57 Å². The second-order valence-corrected chi connectivity index (χ2v) is 5.19. The van der Waals surface area contributed by atoms with Gasteiger partial charge in [0.25, 0.3) is 0 Å². The van der Waals surface area contributed by atoms with Gasteiger partial charge in [0.1, 0.15) is 11.3 Å². The number of aromatic nitrogens is 2. The molecule has 15 heavy (non-hydrogen) atoms. The van der Waals surface area contributed by atoms with E-state index in [1.165, 1.54) is 12.8 Å². The van der Waals surface area contributed by atoms with Crippen LogP contribution in [0.3, 0.4) is 0 Å². The minimum absolute atomic E-state index is 0.185. The van der Waals surface area contributed by atoms with Crippen molar-refractivity contribution in [3.05, 3.63) is 27.3 Å². The van der Waals surface area contributed by atoms with Crippen LogP contribution in [0.25, 0.3) is 11.0 Å². The highest BCUT2D eigenvalue weighted by atomic mass is 127. The Morgan fingerprint density at radius 2 is 2.20 bits per heavy atom. The number of hydrogen-bond acceptors (Lipinski definition) is 1. The highest BCUT2D eigenvalue weighted by molar-refractivity contribution is 14.1. The molecule has 1 heterocycles. The van der Waals surface area contributed by atoms with Gasteiger partial charge in [-0.15, -0.1) is 0 Å². The fraction of sp³-hybridized carbons (Fsp3) is 0.364. The van der Waals surface area contributed by atoms with Crippen molar-refractivity contribution in [1.82, 2.24) is 9.55 Å². The lowest BCUT2D eigenvalue weighted by Gasteiger charge is -1.99. The van der Waals surface area contributed by atoms with E-state index in [4.69, 9.17) is 0 Å². The van der Waals surface area contributed by atoms with Crippen molar-refractivity contribution in [2.75, 3.05) is 0 Å². The van der Waals surface area contributed by atoms with Crippen molar-refractivity contribution >= 4 is 33.6 Å². The van der Waals surface area contributed by atoms with Crippen molar-refractivity contribution < 1.29 is 4.39 Å². The Labute approximate surface area is 101 Å². The predicted octanol–water partition coefficient (Wildman–Crippen LogP) is 3.19. The number of benzene rings is 1. The van der Waals surface area contributed by atoms with Crippen molar-refractivity contribution in [2.24, 2.45) is 7.05 Å². The van der Waals surface area contributed by atoms with E-state index >= 15 is 0 Å². The van der Waals surface area contributed by atoms with E-state index in [0.717, 1.165) is 11.3 Å². The molecule has 2 nitrogen and oxygen atoms in total. The maximum absolute atomic E-state index is 13.8. The molecule has 0 saturated heterocycles. The number of aryl methyl sites for hydroxylation is 1. The summed E-state index contributed by atoms with van der Waals surface area (Å²) in [6.45, 7) is 0. The molecule has 0 aliphatic heterocycles. The molecule has 1 aromatic carbocycles.